The number of carbonyl (C=O) groups excluding carboxylic acids is 1. The van der Waals surface area contributed by atoms with Crippen LogP contribution in [0.15, 0.2) is 34.3 Å². The highest BCUT2D eigenvalue weighted by Gasteiger charge is 2.26. The molecule has 2 aromatic rings. The van der Waals surface area contributed by atoms with E-state index in [4.69, 9.17) is 23.2 Å². The van der Waals surface area contributed by atoms with Gasteiger partial charge in [0.1, 0.15) is 4.90 Å². The number of rotatable bonds is 6. The van der Waals surface area contributed by atoms with E-state index in [1.165, 1.54) is 34.4 Å². The Bertz CT molecular complexity index is 995. The number of hydrogen-bond acceptors (Lipinski definition) is 6. The molecular weight excluding hydrogens is 455 g/mol. The van der Waals surface area contributed by atoms with Gasteiger partial charge < -0.3 is 5.32 Å². The van der Waals surface area contributed by atoms with E-state index in [1.807, 2.05) is 0 Å². The van der Waals surface area contributed by atoms with E-state index >= 15 is 0 Å². The first-order chi connectivity index (χ1) is 13.8. The summed E-state index contributed by atoms with van der Waals surface area (Å²) in [6.07, 6.45) is 4.15. The standard InChI is InChI=1S/C18H20Cl2N4O3S2/c1-12-14(19)9-15(20)18(22-12)23-16(25)11-28-17-6-5-13(10-21-17)29(26,27)24-7-3-2-4-8-24/h5-6,9-10H,2-4,7-8,11H2,1H3,(H,22,23,25). The summed E-state index contributed by atoms with van der Waals surface area (Å²) in [5, 5.41) is 3.86. The quantitative estimate of drug-likeness (QED) is 0.635. The monoisotopic (exact) mass is 474 g/mol. The Morgan fingerprint density at radius 1 is 1.21 bits per heavy atom. The fourth-order valence-electron chi connectivity index (χ4n) is 2.81. The molecule has 2 aromatic heterocycles. The van der Waals surface area contributed by atoms with Crippen molar-refractivity contribution < 1.29 is 13.2 Å². The van der Waals surface area contributed by atoms with Crippen LogP contribution in [0.3, 0.4) is 0 Å². The highest BCUT2D eigenvalue weighted by atomic mass is 35.5. The summed E-state index contributed by atoms with van der Waals surface area (Å²) in [5.74, 6) is 0.0123. The van der Waals surface area contributed by atoms with Crippen LogP contribution in [0, 0.1) is 6.92 Å². The molecule has 3 rings (SSSR count). The zero-order valence-corrected chi connectivity index (χ0v) is 18.8. The number of amides is 1. The van der Waals surface area contributed by atoms with Gasteiger partial charge in [0.2, 0.25) is 15.9 Å². The number of pyridine rings is 2. The topological polar surface area (TPSA) is 92.3 Å². The van der Waals surface area contributed by atoms with Gasteiger partial charge in [0, 0.05) is 19.3 Å². The Hall–Kier alpha value is -1.39. The first kappa shape index (κ1) is 22.3. The van der Waals surface area contributed by atoms with Crippen LogP contribution in [0.4, 0.5) is 5.82 Å². The maximum atomic E-state index is 12.6. The molecule has 1 saturated heterocycles. The normalized spacial score (nSPS) is 15.3. The number of carbonyl (C=O) groups is 1. The van der Waals surface area contributed by atoms with Gasteiger partial charge in [0.15, 0.2) is 5.82 Å². The smallest absolute Gasteiger partial charge is 0.244 e. The van der Waals surface area contributed by atoms with Crippen molar-refractivity contribution >= 4 is 56.7 Å². The van der Waals surface area contributed by atoms with Gasteiger partial charge in [-0.15, -0.1) is 0 Å². The molecule has 0 aliphatic carbocycles. The highest BCUT2D eigenvalue weighted by Crippen LogP contribution is 2.26. The van der Waals surface area contributed by atoms with Gasteiger partial charge in [0.05, 0.1) is 26.5 Å². The molecule has 11 heteroatoms. The maximum absolute atomic E-state index is 12.6. The van der Waals surface area contributed by atoms with Crippen LogP contribution in [0.1, 0.15) is 25.0 Å². The van der Waals surface area contributed by atoms with E-state index in [1.54, 1.807) is 13.0 Å². The minimum atomic E-state index is -3.51. The molecule has 0 radical (unpaired) electrons. The van der Waals surface area contributed by atoms with Gasteiger partial charge in [-0.1, -0.05) is 41.4 Å². The SMILES string of the molecule is Cc1nc(NC(=O)CSc2ccc(S(=O)(=O)N3CCCCC3)cn2)c(Cl)cc1Cl. The van der Waals surface area contributed by atoms with Crippen molar-refractivity contribution in [3.8, 4) is 0 Å². The van der Waals surface area contributed by atoms with E-state index in [9.17, 15) is 13.2 Å². The zero-order chi connectivity index (χ0) is 21.0. The van der Waals surface area contributed by atoms with E-state index in [0.29, 0.717) is 28.8 Å². The van der Waals surface area contributed by atoms with E-state index in [2.05, 4.69) is 15.3 Å². The third kappa shape index (κ3) is 5.61. The summed E-state index contributed by atoms with van der Waals surface area (Å²) in [6.45, 7) is 2.80. The van der Waals surface area contributed by atoms with Crippen LogP contribution in [0.5, 0.6) is 0 Å². The Kier molecular flexibility index (Phi) is 7.39. The number of hydrogen-bond donors (Lipinski definition) is 1. The van der Waals surface area contributed by atoms with E-state index < -0.39 is 10.0 Å². The lowest BCUT2D eigenvalue weighted by Crippen LogP contribution is -2.35. The summed E-state index contributed by atoms with van der Waals surface area (Å²) < 4.78 is 26.8. The third-order valence-corrected chi connectivity index (χ3v) is 7.87. The molecule has 0 bridgehead atoms. The lowest BCUT2D eigenvalue weighted by atomic mass is 10.2. The van der Waals surface area contributed by atoms with E-state index in [-0.39, 0.29) is 27.4 Å². The summed E-state index contributed by atoms with van der Waals surface area (Å²) >= 11 is 13.2. The molecule has 3 heterocycles. The largest absolute Gasteiger partial charge is 0.309 e. The second-order valence-electron chi connectivity index (χ2n) is 6.52. The van der Waals surface area contributed by atoms with Crippen LogP contribution in [0.25, 0.3) is 0 Å². The summed E-state index contributed by atoms with van der Waals surface area (Å²) in [4.78, 5) is 20.7. The molecule has 1 N–H and O–H groups in total. The van der Waals surface area contributed by atoms with Crippen molar-refractivity contribution in [3.05, 3.63) is 40.1 Å². The fourth-order valence-corrected chi connectivity index (χ4v) is 5.32. The second-order valence-corrected chi connectivity index (χ2v) is 10.3. The first-order valence-corrected chi connectivity index (χ1v) is 12.2. The summed E-state index contributed by atoms with van der Waals surface area (Å²) in [5.41, 5.74) is 0.561. The van der Waals surface area contributed by atoms with Crippen molar-refractivity contribution in [2.24, 2.45) is 0 Å². The number of aryl methyl sites for hydroxylation is 1. The van der Waals surface area contributed by atoms with Gasteiger partial charge in [-0.3, -0.25) is 4.79 Å². The van der Waals surface area contributed by atoms with Gasteiger partial charge in [-0.2, -0.15) is 4.31 Å². The predicted molar refractivity (Wildman–Crippen MR) is 115 cm³/mol. The Labute approximate surface area is 184 Å². The first-order valence-electron chi connectivity index (χ1n) is 8.99. The van der Waals surface area contributed by atoms with Gasteiger partial charge in [0.25, 0.3) is 0 Å². The summed E-state index contributed by atoms with van der Waals surface area (Å²) in [6, 6.07) is 4.65. The van der Waals surface area contributed by atoms with Crippen molar-refractivity contribution in [2.75, 3.05) is 24.2 Å². The lowest BCUT2D eigenvalue weighted by molar-refractivity contribution is -0.113. The van der Waals surface area contributed by atoms with E-state index in [0.717, 1.165) is 19.3 Å². The van der Waals surface area contributed by atoms with Gasteiger partial charge >= 0.3 is 0 Å². The maximum Gasteiger partial charge on any atom is 0.244 e. The highest BCUT2D eigenvalue weighted by molar-refractivity contribution is 7.99. The number of piperidine rings is 1. The molecule has 0 atom stereocenters. The zero-order valence-electron chi connectivity index (χ0n) is 15.7. The summed E-state index contributed by atoms with van der Waals surface area (Å²) in [7, 11) is -3.51. The minimum absolute atomic E-state index is 0.0743. The number of aromatic nitrogens is 2. The molecule has 1 fully saturated rings. The van der Waals surface area contributed by atoms with Crippen LogP contribution in [-0.4, -0.2) is 47.4 Å². The van der Waals surface area contributed by atoms with Crippen LogP contribution < -0.4 is 5.32 Å². The Balaban J connectivity index is 1.59. The molecular formula is C18H20Cl2N4O3S2. The van der Waals surface area contributed by atoms with Crippen molar-refractivity contribution in [1.82, 2.24) is 14.3 Å². The molecule has 0 saturated carbocycles. The number of anilines is 1. The number of halogens is 2. The molecule has 7 nitrogen and oxygen atoms in total. The average molecular weight is 475 g/mol. The minimum Gasteiger partial charge on any atom is -0.309 e. The number of nitrogens with one attached hydrogen (secondary N) is 1. The average Bonchev–Trinajstić information content (AvgIpc) is 2.71. The molecule has 29 heavy (non-hydrogen) atoms. The van der Waals surface area contributed by atoms with Crippen LogP contribution in [0.2, 0.25) is 10.0 Å². The predicted octanol–water partition coefficient (Wildman–Crippen LogP) is 4.00. The molecule has 0 spiro atoms. The number of thioether (sulfide) groups is 1. The third-order valence-electron chi connectivity index (χ3n) is 4.38. The Morgan fingerprint density at radius 2 is 1.93 bits per heavy atom. The molecule has 0 aromatic carbocycles. The lowest BCUT2D eigenvalue weighted by Gasteiger charge is -2.25. The molecule has 156 valence electrons. The Morgan fingerprint density at radius 3 is 2.59 bits per heavy atom. The fraction of sp³-hybridized carbons (Fsp3) is 0.389. The molecule has 0 unspecified atom stereocenters. The molecule has 1 aliphatic rings. The second kappa shape index (κ2) is 9.61. The van der Waals surface area contributed by atoms with Crippen molar-refractivity contribution in [3.63, 3.8) is 0 Å². The number of sulfonamides is 1. The molecule has 1 amide bonds. The van der Waals surface area contributed by atoms with Crippen LogP contribution in [-0.2, 0) is 14.8 Å². The van der Waals surface area contributed by atoms with Gasteiger partial charge in [-0.25, -0.2) is 18.4 Å². The van der Waals surface area contributed by atoms with Crippen molar-refractivity contribution in [2.45, 2.75) is 36.1 Å². The van der Waals surface area contributed by atoms with Gasteiger partial charge in [-0.05, 0) is 38.0 Å². The van der Waals surface area contributed by atoms with Crippen molar-refractivity contribution in [1.29, 1.82) is 0 Å². The molecule has 1 aliphatic heterocycles. The van der Waals surface area contributed by atoms with Crippen LogP contribution >= 0.6 is 35.0 Å². The number of nitrogens with zero attached hydrogens (tertiary/aromatic N) is 3.